The predicted octanol–water partition coefficient (Wildman–Crippen LogP) is 8.25. The molecule has 0 fully saturated rings. The molecule has 0 aliphatic carbocycles. The summed E-state index contributed by atoms with van der Waals surface area (Å²) < 4.78 is 5.10. The minimum atomic E-state index is 0.716. The summed E-state index contributed by atoms with van der Waals surface area (Å²) in [6.07, 6.45) is 0. The van der Waals surface area contributed by atoms with Crippen molar-refractivity contribution in [3.63, 3.8) is 0 Å². The van der Waals surface area contributed by atoms with Crippen molar-refractivity contribution >= 4 is 63.0 Å². The van der Waals surface area contributed by atoms with E-state index >= 15 is 0 Å². The van der Waals surface area contributed by atoms with Crippen molar-refractivity contribution in [2.75, 3.05) is 0 Å². The number of aromatic nitrogens is 3. The Kier molecular flexibility index (Phi) is 4.10. The van der Waals surface area contributed by atoms with Crippen LogP contribution in [-0.4, -0.2) is 15.0 Å². The summed E-state index contributed by atoms with van der Waals surface area (Å²) in [5, 5.41) is 5.16. The molecule has 0 saturated heterocycles. The summed E-state index contributed by atoms with van der Waals surface area (Å²) in [6, 6.07) is 30.1. The average Bonchev–Trinajstić information content (AvgIpc) is 3.40. The third-order valence-corrected chi connectivity index (χ3v) is 8.29. The van der Waals surface area contributed by atoms with E-state index < -0.39 is 0 Å². The SMILES string of the molecule is Cc1nc(-c2ccc3c(c2)sc2ccccc23)nc(-c2ccc3c(c2)sc2ccccc23)n1. The van der Waals surface area contributed by atoms with E-state index in [-0.39, 0.29) is 0 Å². The van der Waals surface area contributed by atoms with Crippen molar-refractivity contribution in [1.29, 1.82) is 0 Å². The highest BCUT2D eigenvalue weighted by Gasteiger charge is 2.13. The fourth-order valence-corrected chi connectivity index (χ4v) is 6.76. The number of hydrogen-bond donors (Lipinski definition) is 0. The minimum Gasteiger partial charge on any atom is -0.213 e. The van der Waals surface area contributed by atoms with E-state index in [0.717, 1.165) is 17.0 Å². The van der Waals surface area contributed by atoms with Gasteiger partial charge < -0.3 is 0 Å². The zero-order valence-electron chi connectivity index (χ0n) is 17.7. The van der Waals surface area contributed by atoms with Crippen LogP contribution < -0.4 is 0 Å². The third-order valence-electron chi connectivity index (χ3n) is 6.02. The lowest BCUT2D eigenvalue weighted by atomic mass is 10.1. The van der Waals surface area contributed by atoms with Crippen LogP contribution in [0.4, 0.5) is 0 Å². The summed E-state index contributed by atoms with van der Waals surface area (Å²) in [6.45, 7) is 1.94. The Morgan fingerprint density at radius 1 is 0.485 bits per heavy atom. The molecule has 0 bridgehead atoms. The van der Waals surface area contributed by atoms with Gasteiger partial charge in [0.15, 0.2) is 11.6 Å². The fourth-order valence-electron chi connectivity index (χ4n) is 4.47. The van der Waals surface area contributed by atoms with E-state index in [9.17, 15) is 0 Å². The molecule has 4 aromatic carbocycles. The summed E-state index contributed by atoms with van der Waals surface area (Å²) in [5.74, 6) is 2.16. The molecule has 3 aromatic heterocycles. The summed E-state index contributed by atoms with van der Waals surface area (Å²) in [4.78, 5) is 14.2. The van der Waals surface area contributed by atoms with Gasteiger partial charge in [-0.05, 0) is 31.2 Å². The summed E-state index contributed by atoms with van der Waals surface area (Å²) in [7, 11) is 0. The molecule has 5 heteroatoms. The van der Waals surface area contributed by atoms with Gasteiger partial charge in [0.05, 0.1) is 0 Å². The molecule has 0 atom stereocenters. The quantitative estimate of drug-likeness (QED) is 0.261. The number of aryl methyl sites for hydroxylation is 1. The van der Waals surface area contributed by atoms with Crippen molar-refractivity contribution in [1.82, 2.24) is 15.0 Å². The van der Waals surface area contributed by atoms with E-state index in [4.69, 9.17) is 4.98 Å². The van der Waals surface area contributed by atoms with Crippen molar-refractivity contribution in [2.24, 2.45) is 0 Å². The molecular formula is C28H17N3S2. The molecule has 7 rings (SSSR count). The Morgan fingerprint density at radius 3 is 1.45 bits per heavy atom. The van der Waals surface area contributed by atoms with Crippen molar-refractivity contribution in [3.05, 3.63) is 90.8 Å². The van der Waals surface area contributed by atoms with Gasteiger partial charge in [0.25, 0.3) is 0 Å². The Morgan fingerprint density at radius 2 is 0.939 bits per heavy atom. The maximum absolute atomic E-state index is 4.88. The lowest BCUT2D eigenvalue weighted by molar-refractivity contribution is 0.993. The molecule has 0 aliphatic rings. The molecule has 7 aromatic rings. The first-order chi connectivity index (χ1) is 16.2. The van der Waals surface area contributed by atoms with Crippen molar-refractivity contribution < 1.29 is 0 Å². The van der Waals surface area contributed by atoms with Gasteiger partial charge in [0, 0.05) is 51.5 Å². The van der Waals surface area contributed by atoms with Crippen molar-refractivity contribution in [3.8, 4) is 22.8 Å². The van der Waals surface area contributed by atoms with Crippen LogP contribution in [-0.2, 0) is 0 Å². The van der Waals surface area contributed by atoms with Gasteiger partial charge in [-0.25, -0.2) is 15.0 Å². The minimum absolute atomic E-state index is 0.716. The lowest BCUT2D eigenvalue weighted by Gasteiger charge is -2.06. The number of hydrogen-bond acceptors (Lipinski definition) is 5. The van der Waals surface area contributed by atoms with Crippen LogP contribution in [0.5, 0.6) is 0 Å². The molecule has 0 saturated carbocycles. The number of fused-ring (bicyclic) bond motifs is 6. The highest BCUT2D eigenvalue weighted by molar-refractivity contribution is 7.26. The van der Waals surface area contributed by atoms with Crippen LogP contribution in [0.25, 0.3) is 63.1 Å². The van der Waals surface area contributed by atoms with Gasteiger partial charge in [0.2, 0.25) is 0 Å². The molecule has 0 amide bonds. The predicted molar refractivity (Wildman–Crippen MR) is 141 cm³/mol. The highest BCUT2D eigenvalue weighted by atomic mass is 32.1. The summed E-state index contributed by atoms with van der Waals surface area (Å²) in [5.41, 5.74) is 2.03. The van der Waals surface area contributed by atoms with Gasteiger partial charge >= 0.3 is 0 Å². The van der Waals surface area contributed by atoms with Crippen LogP contribution in [0.1, 0.15) is 5.82 Å². The lowest BCUT2D eigenvalue weighted by Crippen LogP contribution is -1.99. The van der Waals surface area contributed by atoms with Crippen LogP contribution >= 0.6 is 22.7 Å². The maximum Gasteiger partial charge on any atom is 0.163 e. The first-order valence-corrected chi connectivity index (χ1v) is 12.4. The number of rotatable bonds is 2. The monoisotopic (exact) mass is 459 g/mol. The molecule has 0 spiro atoms. The van der Waals surface area contributed by atoms with E-state index in [2.05, 4.69) is 94.9 Å². The largest absolute Gasteiger partial charge is 0.213 e. The number of benzene rings is 4. The second-order valence-corrected chi connectivity index (χ2v) is 10.3. The fraction of sp³-hybridized carbons (Fsp3) is 0.0357. The molecule has 0 unspecified atom stereocenters. The molecule has 0 N–H and O–H groups in total. The zero-order chi connectivity index (χ0) is 21.9. The molecule has 33 heavy (non-hydrogen) atoms. The zero-order valence-corrected chi connectivity index (χ0v) is 19.4. The normalized spacial score (nSPS) is 11.8. The maximum atomic E-state index is 4.88. The number of thiophene rings is 2. The molecule has 156 valence electrons. The van der Waals surface area contributed by atoms with Gasteiger partial charge in [-0.3, -0.25) is 0 Å². The van der Waals surface area contributed by atoms with Gasteiger partial charge in [-0.2, -0.15) is 0 Å². The molecule has 0 aliphatic heterocycles. The molecule has 3 heterocycles. The van der Waals surface area contributed by atoms with Crippen molar-refractivity contribution in [2.45, 2.75) is 6.92 Å². The second-order valence-electron chi connectivity index (χ2n) is 8.15. The molecule has 0 radical (unpaired) electrons. The van der Waals surface area contributed by atoms with Gasteiger partial charge in [0.1, 0.15) is 5.82 Å². The smallest absolute Gasteiger partial charge is 0.163 e. The third kappa shape index (κ3) is 3.04. The number of nitrogens with zero attached hydrogens (tertiary/aromatic N) is 3. The van der Waals surface area contributed by atoms with Gasteiger partial charge in [-0.1, -0.05) is 60.7 Å². The Hall–Kier alpha value is -3.67. The van der Waals surface area contributed by atoms with Crippen LogP contribution in [0, 0.1) is 6.92 Å². The van der Waals surface area contributed by atoms with Crippen LogP contribution in [0.3, 0.4) is 0 Å². The van der Waals surface area contributed by atoms with Crippen LogP contribution in [0.15, 0.2) is 84.9 Å². The average molecular weight is 460 g/mol. The summed E-state index contributed by atoms with van der Waals surface area (Å²) >= 11 is 3.62. The van der Waals surface area contributed by atoms with Gasteiger partial charge in [-0.15, -0.1) is 22.7 Å². The molecule has 3 nitrogen and oxygen atoms in total. The Balaban J connectivity index is 1.36. The van der Waals surface area contributed by atoms with E-state index in [1.165, 1.54) is 40.3 Å². The van der Waals surface area contributed by atoms with E-state index in [1.807, 2.05) is 29.6 Å². The first kappa shape index (κ1) is 18.9. The second kappa shape index (κ2) is 7.17. The van der Waals surface area contributed by atoms with E-state index in [1.54, 1.807) is 0 Å². The Bertz CT molecular complexity index is 1710. The van der Waals surface area contributed by atoms with E-state index in [0.29, 0.717) is 11.6 Å². The topological polar surface area (TPSA) is 38.7 Å². The standard InChI is InChI=1S/C28H17N3S2/c1-16-29-27(17-10-12-21-19-6-2-4-8-23(19)32-25(21)14-17)31-28(30-16)18-11-13-22-20-7-3-5-9-24(20)33-26(22)15-18/h2-15H,1H3. The first-order valence-electron chi connectivity index (χ1n) is 10.8. The highest BCUT2D eigenvalue weighted by Crippen LogP contribution is 2.37. The van der Waals surface area contributed by atoms with Crippen LogP contribution in [0.2, 0.25) is 0 Å². The molecular weight excluding hydrogens is 442 g/mol. The Labute approximate surface area is 198 Å².